The van der Waals surface area contributed by atoms with Gasteiger partial charge in [0.25, 0.3) is 5.91 Å². The van der Waals surface area contributed by atoms with Gasteiger partial charge < -0.3 is 10.1 Å². The van der Waals surface area contributed by atoms with Gasteiger partial charge in [0.1, 0.15) is 11.6 Å². The molecule has 0 fully saturated rings. The molecule has 0 atom stereocenters. The van der Waals surface area contributed by atoms with Gasteiger partial charge in [-0.05, 0) is 42.8 Å². The number of rotatable bonds is 4. The topological polar surface area (TPSA) is 38.3 Å². The molecule has 0 unspecified atom stereocenters. The summed E-state index contributed by atoms with van der Waals surface area (Å²) < 4.78 is 18.3. The molecule has 2 aromatic rings. The SMILES string of the molecule is Cc1cc(F)ccc1NC(=O)COc1ccccc1Cl. The predicted octanol–water partition coefficient (Wildman–Crippen LogP) is 3.81. The molecule has 0 bridgehead atoms. The van der Waals surface area contributed by atoms with E-state index in [2.05, 4.69) is 5.32 Å². The number of carbonyl (C=O) groups excluding carboxylic acids is 1. The van der Waals surface area contributed by atoms with E-state index in [0.717, 1.165) is 0 Å². The van der Waals surface area contributed by atoms with Crippen LogP contribution in [0.2, 0.25) is 5.02 Å². The molecule has 1 amide bonds. The van der Waals surface area contributed by atoms with Crippen molar-refractivity contribution in [3.05, 3.63) is 58.9 Å². The van der Waals surface area contributed by atoms with E-state index in [-0.39, 0.29) is 18.3 Å². The van der Waals surface area contributed by atoms with E-state index in [9.17, 15) is 9.18 Å². The lowest BCUT2D eigenvalue weighted by Gasteiger charge is -2.10. The van der Waals surface area contributed by atoms with E-state index >= 15 is 0 Å². The van der Waals surface area contributed by atoms with Crippen molar-refractivity contribution >= 4 is 23.2 Å². The number of benzene rings is 2. The molecule has 1 N–H and O–H groups in total. The lowest BCUT2D eigenvalue weighted by atomic mass is 10.2. The molecule has 0 heterocycles. The molecule has 20 heavy (non-hydrogen) atoms. The summed E-state index contributed by atoms with van der Waals surface area (Å²) in [7, 11) is 0. The lowest BCUT2D eigenvalue weighted by molar-refractivity contribution is -0.118. The Hall–Kier alpha value is -2.07. The summed E-state index contributed by atoms with van der Waals surface area (Å²) in [6, 6.07) is 11.1. The Balaban J connectivity index is 1.94. The van der Waals surface area contributed by atoms with E-state index < -0.39 is 0 Å². The first-order chi connectivity index (χ1) is 9.56. The Morgan fingerprint density at radius 2 is 2.05 bits per heavy atom. The van der Waals surface area contributed by atoms with Crippen molar-refractivity contribution in [3.63, 3.8) is 0 Å². The molecule has 0 spiro atoms. The van der Waals surface area contributed by atoms with Crippen LogP contribution in [0.4, 0.5) is 10.1 Å². The molecule has 0 aliphatic carbocycles. The first-order valence-corrected chi connectivity index (χ1v) is 6.37. The summed E-state index contributed by atoms with van der Waals surface area (Å²) >= 11 is 5.91. The maximum absolute atomic E-state index is 12.9. The van der Waals surface area contributed by atoms with Crippen LogP contribution in [0.25, 0.3) is 0 Å². The molecule has 2 aromatic carbocycles. The number of amides is 1. The number of hydrogen-bond acceptors (Lipinski definition) is 2. The van der Waals surface area contributed by atoms with Crippen LogP contribution < -0.4 is 10.1 Å². The van der Waals surface area contributed by atoms with Crippen molar-refractivity contribution in [2.24, 2.45) is 0 Å². The number of carbonyl (C=O) groups is 1. The minimum absolute atomic E-state index is 0.166. The first-order valence-electron chi connectivity index (χ1n) is 5.99. The predicted molar refractivity (Wildman–Crippen MR) is 76.7 cm³/mol. The second kappa shape index (κ2) is 6.39. The van der Waals surface area contributed by atoms with Gasteiger partial charge in [-0.3, -0.25) is 4.79 Å². The summed E-state index contributed by atoms with van der Waals surface area (Å²) in [5.41, 5.74) is 1.20. The number of nitrogens with one attached hydrogen (secondary N) is 1. The zero-order valence-corrected chi connectivity index (χ0v) is 11.6. The fourth-order valence-corrected chi connectivity index (χ4v) is 1.85. The average Bonchev–Trinajstić information content (AvgIpc) is 2.41. The minimum Gasteiger partial charge on any atom is -0.482 e. The second-order valence-corrected chi connectivity index (χ2v) is 4.63. The number of para-hydroxylation sites is 1. The smallest absolute Gasteiger partial charge is 0.262 e. The van der Waals surface area contributed by atoms with Crippen LogP contribution in [0, 0.1) is 12.7 Å². The van der Waals surface area contributed by atoms with Crippen molar-refractivity contribution in [2.75, 3.05) is 11.9 Å². The third kappa shape index (κ3) is 3.71. The van der Waals surface area contributed by atoms with Crippen LogP contribution in [0.3, 0.4) is 0 Å². The Kier molecular flexibility index (Phi) is 4.58. The van der Waals surface area contributed by atoms with Crippen LogP contribution in [0.1, 0.15) is 5.56 Å². The molecule has 0 saturated carbocycles. The monoisotopic (exact) mass is 293 g/mol. The van der Waals surface area contributed by atoms with E-state index in [1.165, 1.54) is 18.2 Å². The maximum Gasteiger partial charge on any atom is 0.262 e. The first kappa shape index (κ1) is 14.3. The highest BCUT2D eigenvalue weighted by molar-refractivity contribution is 6.32. The van der Waals surface area contributed by atoms with E-state index in [0.29, 0.717) is 22.0 Å². The average molecular weight is 294 g/mol. The molecule has 5 heteroatoms. The van der Waals surface area contributed by atoms with Crippen LogP contribution in [0.5, 0.6) is 5.75 Å². The number of ether oxygens (including phenoxy) is 1. The highest BCUT2D eigenvalue weighted by Gasteiger charge is 2.07. The fourth-order valence-electron chi connectivity index (χ4n) is 1.66. The molecule has 104 valence electrons. The molecule has 2 rings (SSSR count). The molecule has 0 radical (unpaired) electrons. The number of hydrogen-bond donors (Lipinski definition) is 1. The summed E-state index contributed by atoms with van der Waals surface area (Å²) in [5, 5.41) is 3.10. The molecule has 0 saturated heterocycles. The largest absolute Gasteiger partial charge is 0.482 e. The third-order valence-corrected chi connectivity index (χ3v) is 2.97. The standard InChI is InChI=1S/C15H13ClFNO2/c1-10-8-11(17)6-7-13(10)18-15(19)9-20-14-5-3-2-4-12(14)16/h2-8H,9H2,1H3,(H,18,19). The van der Waals surface area contributed by atoms with Crippen molar-refractivity contribution < 1.29 is 13.9 Å². The zero-order valence-electron chi connectivity index (χ0n) is 10.8. The highest BCUT2D eigenvalue weighted by Crippen LogP contribution is 2.23. The van der Waals surface area contributed by atoms with Gasteiger partial charge in [-0.2, -0.15) is 0 Å². The van der Waals surface area contributed by atoms with Gasteiger partial charge >= 0.3 is 0 Å². The molecular weight excluding hydrogens is 281 g/mol. The lowest BCUT2D eigenvalue weighted by Crippen LogP contribution is -2.20. The third-order valence-electron chi connectivity index (χ3n) is 2.66. The second-order valence-electron chi connectivity index (χ2n) is 4.23. The van der Waals surface area contributed by atoms with E-state index in [4.69, 9.17) is 16.3 Å². The Bertz CT molecular complexity index is 631. The van der Waals surface area contributed by atoms with Gasteiger partial charge in [0, 0.05) is 5.69 Å². The van der Waals surface area contributed by atoms with Gasteiger partial charge in [0.15, 0.2) is 6.61 Å². The quantitative estimate of drug-likeness (QED) is 0.931. The Morgan fingerprint density at radius 3 is 2.75 bits per heavy atom. The van der Waals surface area contributed by atoms with E-state index in [1.54, 1.807) is 31.2 Å². The van der Waals surface area contributed by atoms with Gasteiger partial charge in [0.05, 0.1) is 5.02 Å². The highest BCUT2D eigenvalue weighted by atomic mass is 35.5. The Labute approximate surface area is 121 Å². The number of halogens is 2. The van der Waals surface area contributed by atoms with Crippen molar-refractivity contribution in [1.29, 1.82) is 0 Å². The fraction of sp³-hybridized carbons (Fsp3) is 0.133. The summed E-state index contributed by atoms with van der Waals surface area (Å²) in [4.78, 5) is 11.8. The number of anilines is 1. The van der Waals surface area contributed by atoms with Crippen LogP contribution in [-0.4, -0.2) is 12.5 Å². The molecule has 3 nitrogen and oxygen atoms in total. The van der Waals surface area contributed by atoms with Crippen molar-refractivity contribution in [2.45, 2.75) is 6.92 Å². The molecular formula is C15H13ClFNO2. The maximum atomic E-state index is 12.9. The van der Waals surface area contributed by atoms with Crippen LogP contribution in [-0.2, 0) is 4.79 Å². The Morgan fingerprint density at radius 1 is 1.30 bits per heavy atom. The molecule has 0 aromatic heterocycles. The van der Waals surface area contributed by atoms with Gasteiger partial charge in [0.2, 0.25) is 0 Å². The van der Waals surface area contributed by atoms with Crippen LogP contribution >= 0.6 is 11.6 Å². The van der Waals surface area contributed by atoms with Gasteiger partial charge in [-0.1, -0.05) is 23.7 Å². The molecule has 0 aliphatic rings. The number of aryl methyl sites for hydroxylation is 1. The van der Waals surface area contributed by atoms with Crippen LogP contribution in [0.15, 0.2) is 42.5 Å². The van der Waals surface area contributed by atoms with E-state index in [1.807, 2.05) is 0 Å². The van der Waals surface area contributed by atoms with Gasteiger partial charge in [-0.15, -0.1) is 0 Å². The zero-order chi connectivity index (χ0) is 14.5. The minimum atomic E-state index is -0.340. The normalized spacial score (nSPS) is 10.2. The summed E-state index contributed by atoms with van der Waals surface area (Å²) in [6.45, 7) is 1.55. The van der Waals surface area contributed by atoms with Crippen molar-refractivity contribution in [3.8, 4) is 5.75 Å². The summed E-state index contributed by atoms with van der Waals surface area (Å²) in [5.74, 6) is -0.229. The molecule has 0 aliphatic heterocycles. The van der Waals surface area contributed by atoms with Gasteiger partial charge in [-0.25, -0.2) is 4.39 Å². The summed E-state index contributed by atoms with van der Waals surface area (Å²) in [6.07, 6.45) is 0. The van der Waals surface area contributed by atoms with Crippen molar-refractivity contribution in [1.82, 2.24) is 0 Å².